The molecule has 0 aromatic carbocycles. The standard InChI is InChI=1S/C12H21FN2O.ClH/c13-12(6-8-14-9-7-12)11(16)15-10-4-2-1-3-5-10;/h10,14H,1-9H2,(H,15,16);1H. The number of alkyl halides is 1. The van der Waals surface area contributed by atoms with Crippen molar-refractivity contribution in [2.45, 2.75) is 56.7 Å². The highest BCUT2D eigenvalue weighted by Gasteiger charge is 2.40. The smallest absolute Gasteiger partial charge is 0.257 e. The first kappa shape index (κ1) is 14.7. The monoisotopic (exact) mass is 264 g/mol. The molecule has 2 aliphatic rings. The van der Waals surface area contributed by atoms with Gasteiger partial charge in [0.2, 0.25) is 0 Å². The van der Waals surface area contributed by atoms with Gasteiger partial charge in [-0.3, -0.25) is 4.79 Å². The summed E-state index contributed by atoms with van der Waals surface area (Å²) < 4.78 is 14.3. The van der Waals surface area contributed by atoms with E-state index >= 15 is 0 Å². The zero-order valence-corrected chi connectivity index (χ0v) is 11.0. The van der Waals surface area contributed by atoms with Crippen LogP contribution in [0.5, 0.6) is 0 Å². The molecular formula is C12H22ClFN2O. The Balaban J connectivity index is 0.00000144. The number of amides is 1. The number of nitrogens with one attached hydrogen (secondary N) is 2. The highest BCUT2D eigenvalue weighted by Crippen LogP contribution is 2.25. The molecule has 17 heavy (non-hydrogen) atoms. The van der Waals surface area contributed by atoms with Crippen molar-refractivity contribution in [3.05, 3.63) is 0 Å². The van der Waals surface area contributed by atoms with Crippen LogP contribution in [0, 0.1) is 0 Å². The Morgan fingerprint density at radius 1 is 1.18 bits per heavy atom. The van der Waals surface area contributed by atoms with E-state index < -0.39 is 5.67 Å². The molecule has 5 heteroatoms. The first-order chi connectivity index (χ1) is 7.71. The molecule has 1 saturated heterocycles. The second-order valence-corrected chi connectivity index (χ2v) is 5.02. The molecule has 1 aliphatic heterocycles. The highest BCUT2D eigenvalue weighted by atomic mass is 35.5. The summed E-state index contributed by atoms with van der Waals surface area (Å²) >= 11 is 0. The molecule has 100 valence electrons. The Labute approximate surface area is 108 Å². The van der Waals surface area contributed by atoms with Crippen LogP contribution >= 0.6 is 12.4 Å². The normalized spacial score (nSPS) is 24.8. The highest BCUT2D eigenvalue weighted by molar-refractivity contribution is 5.85. The van der Waals surface area contributed by atoms with Crippen molar-refractivity contribution in [1.29, 1.82) is 0 Å². The predicted molar refractivity (Wildman–Crippen MR) is 68.2 cm³/mol. The minimum absolute atomic E-state index is 0. The van der Waals surface area contributed by atoms with Gasteiger partial charge in [-0.25, -0.2) is 4.39 Å². The molecule has 0 atom stereocenters. The van der Waals surface area contributed by atoms with Crippen LogP contribution in [0.25, 0.3) is 0 Å². The van der Waals surface area contributed by atoms with Gasteiger partial charge in [0.1, 0.15) is 0 Å². The van der Waals surface area contributed by atoms with E-state index in [1.165, 1.54) is 6.42 Å². The molecule has 0 radical (unpaired) electrons. The van der Waals surface area contributed by atoms with Crippen LogP contribution in [0.2, 0.25) is 0 Å². The number of halogens is 2. The average Bonchev–Trinajstić information content (AvgIpc) is 2.31. The van der Waals surface area contributed by atoms with E-state index in [2.05, 4.69) is 10.6 Å². The van der Waals surface area contributed by atoms with Gasteiger partial charge >= 0.3 is 0 Å². The summed E-state index contributed by atoms with van der Waals surface area (Å²) in [6, 6.07) is 0.212. The summed E-state index contributed by atoms with van der Waals surface area (Å²) in [5, 5.41) is 5.97. The van der Waals surface area contributed by atoms with Crippen molar-refractivity contribution in [3.63, 3.8) is 0 Å². The third-order valence-electron chi connectivity index (χ3n) is 3.74. The number of hydrogen-bond acceptors (Lipinski definition) is 2. The zero-order valence-electron chi connectivity index (χ0n) is 10.1. The van der Waals surface area contributed by atoms with Crippen LogP contribution < -0.4 is 10.6 Å². The molecule has 1 heterocycles. The van der Waals surface area contributed by atoms with Crippen LogP contribution in [-0.4, -0.2) is 30.7 Å². The molecule has 0 aromatic rings. The summed E-state index contributed by atoms with van der Waals surface area (Å²) in [7, 11) is 0. The molecule has 1 amide bonds. The van der Waals surface area contributed by atoms with Gasteiger partial charge < -0.3 is 10.6 Å². The molecule has 0 aromatic heterocycles. The van der Waals surface area contributed by atoms with Crippen molar-refractivity contribution in [2.24, 2.45) is 0 Å². The molecule has 0 spiro atoms. The summed E-state index contributed by atoms with van der Waals surface area (Å²) in [4.78, 5) is 11.9. The van der Waals surface area contributed by atoms with Gasteiger partial charge in [0.25, 0.3) is 5.91 Å². The van der Waals surface area contributed by atoms with E-state index in [1.54, 1.807) is 0 Å². The van der Waals surface area contributed by atoms with Crippen LogP contribution in [-0.2, 0) is 4.79 Å². The molecule has 1 saturated carbocycles. The Morgan fingerprint density at radius 2 is 1.76 bits per heavy atom. The fourth-order valence-corrected chi connectivity index (χ4v) is 2.61. The van der Waals surface area contributed by atoms with Crippen LogP contribution in [0.15, 0.2) is 0 Å². The minimum Gasteiger partial charge on any atom is -0.351 e. The van der Waals surface area contributed by atoms with E-state index in [0.29, 0.717) is 25.9 Å². The molecule has 3 nitrogen and oxygen atoms in total. The van der Waals surface area contributed by atoms with E-state index in [0.717, 1.165) is 25.7 Å². The van der Waals surface area contributed by atoms with Crippen molar-refractivity contribution in [3.8, 4) is 0 Å². The fraction of sp³-hybridized carbons (Fsp3) is 0.917. The second kappa shape index (κ2) is 6.55. The molecular weight excluding hydrogens is 243 g/mol. The summed E-state index contributed by atoms with van der Waals surface area (Å²) in [6.45, 7) is 1.21. The largest absolute Gasteiger partial charge is 0.351 e. The van der Waals surface area contributed by atoms with Crippen LogP contribution in [0.3, 0.4) is 0 Å². The molecule has 0 bridgehead atoms. The number of hydrogen-bond donors (Lipinski definition) is 2. The molecule has 0 unspecified atom stereocenters. The fourth-order valence-electron chi connectivity index (χ4n) is 2.61. The molecule has 2 fully saturated rings. The third-order valence-corrected chi connectivity index (χ3v) is 3.74. The van der Waals surface area contributed by atoms with Crippen LogP contribution in [0.4, 0.5) is 4.39 Å². The lowest BCUT2D eigenvalue weighted by Crippen LogP contribution is -2.52. The maximum Gasteiger partial charge on any atom is 0.257 e. The molecule has 2 rings (SSSR count). The maximum atomic E-state index is 14.3. The maximum absolute atomic E-state index is 14.3. The van der Waals surface area contributed by atoms with Gasteiger partial charge in [-0.05, 0) is 25.9 Å². The number of carbonyl (C=O) groups is 1. The molecule has 2 N–H and O–H groups in total. The third kappa shape index (κ3) is 3.81. The van der Waals surface area contributed by atoms with Crippen molar-refractivity contribution in [1.82, 2.24) is 10.6 Å². The van der Waals surface area contributed by atoms with Gasteiger partial charge in [-0.15, -0.1) is 12.4 Å². The van der Waals surface area contributed by atoms with E-state index in [4.69, 9.17) is 0 Å². The minimum atomic E-state index is -1.62. The SMILES string of the molecule is Cl.O=C(NC1CCCCC1)C1(F)CCNCC1. The Bertz CT molecular complexity index is 251. The Kier molecular flexibility index (Phi) is 5.67. The number of carbonyl (C=O) groups excluding carboxylic acids is 1. The van der Waals surface area contributed by atoms with Gasteiger partial charge in [0.05, 0.1) is 0 Å². The van der Waals surface area contributed by atoms with E-state index in [9.17, 15) is 9.18 Å². The lowest BCUT2D eigenvalue weighted by Gasteiger charge is -2.31. The summed E-state index contributed by atoms with van der Waals surface area (Å²) in [6.07, 6.45) is 6.21. The van der Waals surface area contributed by atoms with Crippen molar-refractivity contribution < 1.29 is 9.18 Å². The first-order valence-electron chi connectivity index (χ1n) is 6.41. The average molecular weight is 265 g/mol. The van der Waals surface area contributed by atoms with Gasteiger partial charge in [-0.1, -0.05) is 19.3 Å². The van der Waals surface area contributed by atoms with Crippen LogP contribution in [0.1, 0.15) is 44.9 Å². The van der Waals surface area contributed by atoms with Crippen molar-refractivity contribution in [2.75, 3.05) is 13.1 Å². The van der Waals surface area contributed by atoms with Gasteiger partial charge in [-0.2, -0.15) is 0 Å². The lowest BCUT2D eigenvalue weighted by molar-refractivity contribution is -0.135. The van der Waals surface area contributed by atoms with E-state index in [-0.39, 0.29) is 24.4 Å². The zero-order chi connectivity index (χ0) is 11.4. The Hall–Kier alpha value is -0.350. The van der Waals surface area contributed by atoms with E-state index in [1.807, 2.05) is 0 Å². The van der Waals surface area contributed by atoms with Gasteiger partial charge in [0.15, 0.2) is 5.67 Å². The summed E-state index contributed by atoms with van der Waals surface area (Å²) in [5.74, 6) is -0.374. The van der Waals surface area contributed by atoms with Gasteiger partial charge in [0, 0.05) is 18.9 Å². The Morgan fingerprint density at radius 3 is 2.35 bits per heavy atom. The topological polar surface area (TPSA) is 41.1 Å². The number of piperidine rings is 1. The predicted octanol–water partition coefficient (Wildman–Crippen LogP) is 1.95. The lowest BCUT2D eigenvalue weighted by atomic mass is 9.91. The first-order valence-corrected chi connectivity index (χ1v) is 6.41. The second-order valence-electron chi connectivity index (χ2n) is 5.02. The number of rotatable bonds is 2. The molecule has 1 aliphatic carbocycles. The van der Waals surface area contributed by atoms with Crippen molar-refractivity contribution >= 4 is 18.3 Å². The summed E-state index contributed by atoms with van der Waals surface area (Å²) in [5.41, 5.74) is -1.62. The quantitative estimate of drug-likeness (QED) is 0.801.